The fourth-order valence-corrected chi connectivity index (χ4v) is 3.81. The maximum atomic E-state index is 13.3. The van der Waals surface area contributed by atoms with E-state index in [0.717, 1.165) is 43.0 Å². The third kappa shape index (κ3) is 15.9. The van der Waals surface area contributed by atoms with Crippen molar-refractivity contribution in [2.75, 3.05) is 6.54 Å². The average Bonchev–Trinajstić information content (AvgIpc) is 3.75. The van der Waals surface area contributed by atoms with Crippen LogP contribution in [0.2, 0.25) is 0 Å². The number of Topliss-reactive ketones (excluding diaryl/α,β-unsaturated/α-hetero) is 1. The maximum Gasteiger partial charge on any atom is 0.133 e. The van der Waals surface area contributed by atoms with Gasteiger partial charge in [-0.3, -0.25) is 0 Å². The van der Waals surface area contributed by atoms with E-state index in [1.54, 1.807) is 6.07 Å². The van der Waals surface area contributed by atoms with Crippen molar-refractivity contribution in [3.05, 3.63) is 70.5 Å². The monoisotopic (exact) mass is 552 g/mol. The van der Waals surface area contributed by atoms with E-state index < -0.39 is 11.6 Å². The van der Waals surface area contributed by atoms with Crippen LogP contribution < -0.4 is 11.1 Å². The Balaban J connectivity index is 0.000000575. The second-order valence-electron chi connectivity index (χ2n) is 9.91. The highest BCUT2D eigenvalue weighted by molar-refractivity contribution is 7.80. The SMILES string of the molecule is C1CC1.CC(C)=O.CCC(C)NC(=S)c1cc(F)ccc1F.CCC(CCN)C(C)c1cc(F)ccc1C. The van der Waals surface area contributed by atoms with Gasteiger partial charge in [0.25, 0.3) is 0 Å². The lowest BCUT2D eigenvalue weighted by Crippen LogP contribution is -2.31. The molecule has 0 aliphatic heterocycles. The third-order valence-corrected chi connectivity index (χ3v) is 6.36. The molecule has 1 aliphatic carbocycles. The number of benzene rings is 2. The molecule has 0 bridgehead atoms. The van der Waals surface area contributed by atoms with Gasteiger partial charge in [-0.15, -0.1) is 0 Å². The number of halogens is 3. The molecule has 2 aromatic rings. The van der Waals surface area contributed by atoms with Gasteiger partial charge in [0.05, 0.1) is 0 Å². The van der Waals surface area contributed by atoms with Crippen molar-refractivity contribution in [1.82, 2.24) is 5.32 Å². The van der Waals surface area contributed by atoms with E-state index >= 15 is 0 Å². The molecule has 7 heteroatoms. The number of carbonyl (C=O) groups is 1. The van der Waals surface area contributed by atoms with Gasteiger partial charge in [-0.05, 0) is 100 Å². The number of hydrogen-bond donors (Lipinski definition) is 2. The standard InChI is InChI=1S/C14H22FN.C11H13F2NS.C3H6O.C3H6/c1-4-12(7-8-16)11(3)14-9-13(15)6-5-10(14)2;1-3-7(2)14-11(15)9-6-8(12)4-5-10(9)13;1-3(2)4;1-2-3-1/h5-6,9,11-12H,4,7-8,16H2,1-3H3;4-7H,3H2,1-2H3,(H,14,15);1-2H3;1-3H2. The zero-order valence-electron chi connectivity index (χ0n) is 24.2. The summed E-state index contributed by atoms with van der Waals surface area (Å²) in [6.45, 7) is 14.1. The van der Waals surface area contributed by atoms with Crippen LogP contribution in [0.1, 0.15) is 103 Å². The third-order valence-electron chi connectivity index (χ3n) is 6.02. The summed E-state index contributed by atoms with van der Waals surface area (Å²) in [5.41, 5.74) is 8.03. The molecule has 3 unspecified atom stereocenters. The predicted octanol–water partition coefficient (Wildman–Crippen LogP) is 8.41. The van der Waals surface area contributed by atoms with E-state index in [4.69, 9.17) is 18.0 Å². The lowest BCUT2D eigenvalue weighted by atomic mass is 9.82. The van der Waals surface area contributed by atoms with Gasteiger partial charge in [0.1, 0.15) is 28.2 Å². The quantitative estimate of drug-likeness (QED) is 0.323. The number of nitrogens with two attached hydrogens (primary N) is 1. The summed E-state index contributed by atoms with van der Waals surface area (Å²) in [5, 5.41) is 2.94. The van der Waals surface area contributed by atoms with Crippen LogP contribution in [0.4, 0.5) is 13.2 Å². The first-order chi connectivity index (χ1) is 17.9. The van der Waals surface area contributed by atoms with Crippen LogP contribution in [-0.2, 0) is 4.79 Å². The molecular weight excluding hydrogens is 505 g/mol. The highest BCUT2D eigenvalue weighted by atomic mass is 32.1. The number of hydrogen-bond acceptors (Lipinski definition) is 3. The fourth-order valence-electron chi connectivity index (χ4n) is 3.45. The largest absolute Gasteiger partial charge is 0.373 e. The van der Waals surface area contributed by atoms with Crippen LogP contribution in [0.25, 0.3) is 0 Å². The Bertz CT molecular complexity index is 975. The molecule has 3 nitrogen and oxygen atoms in total. The Morgan fingerprint density at radius 3 is 1.97 bits per heavy atom. The topological polar surface area (TPSA) is 55.1 Å². The minimum Gasteiger partial charge on any atom is -0.373 e. The van der Waals surface area contributed by atoms with Crippen LogP contribution in [-0.4, -0.2) is 23.4 Å². The zero-order valence-corrected chi connectivity index (χ0v) is 25.0. The first kappa shape index (κ1) is 35.8. The first-order valence-electron chi connectivity index (χ1n) is 13.6. The molecule has 1 aliphatic rings. The number of carbonyl (C=O) groups excluding carboxylic acids is 1. The fraction of sp³-hybridized carbons (Fsp3) is 0.548. The molecule has 0 aromatic heterocycles. The minimum atomic E-state index is -0.503. The lowest BCUT2D eigenvalue weighted by molar-refractivity contribution is -0.115. The molecule has 3 N–H and O–H groups in total. The number of rotatable bonds is 8. The second kappa shape index (κ2) is 19.8. The van der Waals surface area contributed by atoms with Crippen molar-refractivity contribution < 1.29 is 18.0 Å². The van der Waals surface area contributed by atoms with Crippen LogP contribution >= 0.6 is 12.2 Å². The second-order valence-corrected chi connectivity index (χ2v) is 10.3. The summed E-state index contributed by atoms with van der Waals surface area (Å²) >= 11 is 4.99. The lowest BCUT2D eigenvalue weighted by Gasteiger charge is -2.24. The summed E-state index contributed by atoms with van der Waals surface area (Å²) in [6.07, 6.45) is 7.47. The van der Waals surface area contributed by atoms with Crippen molar-refractivity contribution in [2.24, 2.45) is 11.7 Å². The van der Waals surface area contributed by atoms with Gasteiger partial charge >= 0.3 is 0 Å². The Morgan fingerprint density at radius 2 is 1.50 bits per heavy atom. The Labute approximate surface area is 233 Å². The molecule has 38 heavy (non-hydrogen) atoms. The van der Waals surface area contributed by atoms with Crippen molar-refractivity contribution in [1.29, 1.82) is 0 Å². The van der Waals surface area contributed by atoms with Crippen molar-refractivity contribution in [3.8, 4) is 0 Å². The molecule has 3 rings (SSSR count). The maximum absolute atomic E-state index is 13.3. The van der Waals surface area contributed by atoms with E-state index in [2.05, 4.69) is 19.2 Å². The molecule has 0 saturated heterocycles. The Morgan fingerprint density at radius 1 is 0.974 bits per heavy atom. The van der Waals surface area contributed by atoms with Crippen LogP contribution in [0, 0.1) is 30.3 Å². The molecule has 0 spiro atoms. The Hall–Kier alpha value is -2.25. The average molecular weight is 553 g/mol. The molecule has 0 amide bonds. The number of ketones is 1. The van der Waals surface area contributed by atoms with Gasteiger partial charge in [0.15, 0.2) is 0 Å². The smallest absolute Gasteiger partial charge is 0.133 e. The molecule has 2 aromatic carbocycles. The number of thiocarbonyl (C=S) groups is 1. The summed E-state index contributed by atoms with van der Waals surface area (Å²) in [7, 11) is 0. The van der Waals surface area contributed by atoms with Gasteiger partial charge in [-0.1, -0.05) is 64.7 Å². The summed E-state index contributed by atoms with van der Waals surface area (Å²) < 4.78 is 39.4. The first-order valence-corrected chi connectivity index (χ1v) is 14.0. The van der Waals surface area contributed by atoms with E-state index in [0.29, 0.717) is 18.4 Å². The number of aryl methyl sites for hydroxylation is 1. The van der Waals surface area contributed by atoms with Crippen LogP contribution in [0.3, 0.4) is 0 Å². The molecule has 0 heterocycles. The van der Waals surface area contributed by atoms with Crippen molar-refractivity contribution in [2.45, 2.75) is 99.0 Å². The molecule has 214 valence electrons. The van der Waals surface area contributed by atoms with Crippen LogP contribution in [0.5, 0.6) is 0 Å². The van der Waals surface area contributed by atoms with Gasteiger partial charge < -0.3 is 15.8 Å². The number of nitrogens with one attached hydrogen (secondary N) is 1. The van der Waals surface area contributed by atoms with Crippen molar-refractivity contribution in [3.63, 3.8) is 0 Å². The van der Waals surface area contributed by atoms with E-state index in [9.17, 15) is 18.0 Å². The zero-order chi connectivity index (χ0) is 29.3. The molecule has 1 saturated carbocycles. The van der Waals surface area contributed by atoms with Crippen LogP contribution in [0.15, 0.2) is 36.4 Å². The highest BCUT2D eigenvalue weighted by Crippen LogP contribution is 2.31. The summed E-state index contributed by atoms with van der Waals surface area (Å²) in [4.78, 5) is 9.70. The van der Waals surface area contributed by atoms with E-state index in [1.807, 2.05) is 26.8 Å². The molecular formula is C31H47F3N2OS. The summed E-state index contributed by atoms with van der Waals surface area (Å²) in [6, 6.07) is 8.46. The van der Waals surface area contributed by atoms with Gasteiger partial charge in [-0.2, -0.15) is 0 Å². The highest BCUT2D eigenvalue weighted by Gasteiger charge is 2.18. The Kier molecular flexibility index (Phi) is 18.6. The molecule has 1 fully saturated rings. The predicted molar refractivity (Wildman–Crippen MR) is 158 cm³/mol. The van der Waals surface area contributed by atoms with E-state index in [-0.39, 0.29) is 28.2 Å². The molecule has 0 radical (unpaired) electrons. The van der Waals surface area contributed by atoms with E-state index in [1.165, 1.54) is 44.7 Å². The molecule has 3 atom stereocenters. The van der Waals surface area contributed by atoms with Gasteiger partial charge in [0.2, 0.25) is 0 Å². The summed E-state index contributed by atoms with van der Waals surface area (Å²) in [5.74, 6) is -0.0401. The van der Waals surface area contributed by atoms with Gasteiger partial charge in [-0.25, -0.2) is 13.2 Å². The minimum absolute atomic E-state index is 0.116. The van der Waals surface area contributed by atoms with Gasteiger partial charge in [0, 0.05) is 11.6 Å². The van der Waals surface area contributed by atoms with Crippen molar-refractivity contribution >= 4 is 23.0 Å². The normalized spacial score (nSPS) is 13.7.